The van der Waals surface area contributed by atoms with Crippen molar-refractivity contribution in [1.82, 2.24) is 10.1 Å². The van der Waals surface area contributed by atoms with Crippen LogP contribution in [0.25, 0.3) is 11.4 Å². The molecule has 0 saturated carbocycles. The fourth-order valence-corrected chi connectivity index (χ4v) is 1.81. The molecule has 1 aromatic carbocycles. The molecular weight excluding hydrogens is 220 g/mol. The van der Waals surface area contributed by atoms with Crippen molar-refractivity contribution < 1.29 is 9.32 Å². The number of carbonyl (C=O) groups excluding carboxylic acids is 1. The van der Waals surface area contributed by atoms with Crippen LogP contribution in [0.15, 0.2) is 22.7 Å². The number of rotatable bonds is 2. The minimum atomic E-state index is 0.00732. The van der Waals surface area contributed by atoms with Crippen molar-refractivity contribution in [2.24, 2.45) is 5.73 Å². The number of fused-ring (bicyclic) bond motifs is 1. The number of amides is 1. The zero-order valence-electron chi connectivity index (χ0n) is 8.93. The van der Waals surface area contributed by atoms with Gasteiger partial charge < -0.3 is 15.6 Å². The number of hydrogen-bond donors (Lipinski definition) is 2. The van der Waals surface area contributed by atoms with E-state index in [2.05, 4.69) is 15.5 Å². The first kappa shape index (κ1) is 9.98. The molecular formula is C11H10N4O2. The standard InChI is InChI=1S/C11H10N4O2/c12-5-10-14-11(15-17-10)7-2-1-6-4-9(16)13-8(6)3-7/h1-3H,4-5,12H2,(H,13,16). The molecule has 1 aromatic heterocycles. The summed E-state index contributed by atoms with van der Waals surface area (Å²) in [7, 11) is 0. The Kier molecular flexibility index (Phi) is 2.15. The molecule has 17 heavy (non-hydrogen) atoms. The van der Waals surface area contributed by atoms with Gasteiger partial charge in [-0.3, -0.25) is 4.79 Å². The summed E-state index contributed by atoms with van der Waals surface area (Å²) in [6.45, 7) is 0.217. The first-order chi connectivity index (χ1) is 8.26. The number of hydrogen-bond acceptors (Lipinski definition) is 5. The lowest BCUT2D eigenvalue weighted by Gasteiger charge is -1.99. The van der Waals surface area contributed by atoms with Gasteiger partial charge in [0.15, 0.2) is 0 Å². The van der Waals surface area contributed by atoms with Gasteiger partial charge in [0.05, 0.1) is 13.0 Å². The van der Waals surface area contributed by atoms with E-state index in [0.29, 0.717) is 18.1 Å². The van der Waals surface area contributed by atoms with E-state index in [1.807, 2.05) is 18.2 Å². The molecule has 86 valence electrons. The number of carbonyl (C=O) groups is 1. The Balaban J connectivity index is 1.99. The maximum atomic E-state index is 11.2. The number of anilines is 1. The Labute approximate surface area is 96.8 Å². The minimum Gasteiger partial charge on any atom is -0.338 e. The highest BCUT2D eigenvalue weighted by molar-refractivity contribution is 5.99. The molecule has 0 saturated heterocycles. The number of nitrogens with two attached hydrogens (primary N) is 1. The third kappa shape index (κ3) is 1.68. The van der Waals surface area contributed by atoms with Crippen molar-refractivity contribution in [2.45, 2.75) is 13.0 Å². The molecule has 0 fully saturated rings. The first-order valence-electron chi connectivity index (χ1n) is 5.22. The van der Waals surface area contributed by atoms with Crippen LogP contribution in [0.3, 0.4) is 0 Å². The number of benzene rings is 1. The molecule has 0 bridgehead atoms. The Bertz CT molecular complexity index is 591. The molecule has 3 N–H and O–H groups in total. The number of aromatic nitrogens is 2. The fourth-order valence-electron chi connectivity index (χ4n) is 1.81. The fraction of sp³-hybridized carbons (Fsp3) is 0.182. The van der Waals surface area contributed by atoms with Gasteiger partial charge in [0.2, 0.25) is 17.6 Å². The molecule has 0 unspecified atom stereocenters. The highest BCUT2D eigenvalue weighted by atomic mass is 16.5. The van der Waals surface area contributed by atoms with Crippen molar-refractivity contribution >= 4 is 11.6 Å². The molecule has 1 aliphatic heterocycles. The predicted molar refractivity (Wildman–Crippen MR) is 60.0 cm³/mol. The molecule has 0 aliphatic carbocycles. The van der Waals surface area contributed by atoms with Crippen LogP contribution in [0.5, 0.6) is 0 Å². The van der Waals surface area contributed by atoms with Crippen molar-refractivity contribution in [2.75, 3.05) is 5.32 Å². The van der Waals surface area contributed by atoms with Gasteiger partial charge in [0, 0.05) is 11.3 Å². The summed E-state index contributed by atoms with van der Waals surface area (Å²) in [5, 5.41) is 6.60. The van der Waals surface area contributed by atoms with Gasteiger partial charge in [-0.2, -0.15) is 4.98 Å². The van der Waals surface area contributed by atoms with E-state index >= 15 is 0 Å². The van der Waals surface area contributed by atoms with E-state index in [4.69, 9.17) is 10.3 Å². The lowest BCUT2D eigenvalue weighted by Crippen LogP contribution is -2.03. The summed E-state index contributed by atoms with van der Waals surface area (Å²) in [6, 6.07) is 5.59. The molecule has 1 aliphatic rings. The van der Waals surface area contributed by atoms with E-state index in [0.717, 1.165) is 16.8 Å². The van der Waals surface area contributed by atoms with Crippen LogP contribution in [-0.4, -0.2) is 16.0 Å². The van der Waals surface area contributed by atoms with Gasteiger partial charge in [0.1, 0.15) is 0 Å². The third-order valence-corrected chi connectivity index (χ3v) is 2.64. The zero-order valence-corrected chi connectivity index (χ0v) is 8.93. The summed E-state index contributed by atoms with van der Waals surface area (Å²) in [6.07, 6.45) is 0.426. The largest absolute Gasteiger partial charge is 0.338 e. The van der Waals surface area contributed by atoms with Gasteiger partial charge in [-0.15, -0.1) is 0 Å². The normalized spacial score (nSPS) is 13.6. The molecule has 3 rings (SSSR count). The second kappa shape index (κ2) is 3.67. The monoisotopic (exact) mass is 230 g/mol. The van der Waals surface area contributed by atoms with Crippen LogP contribution in [-0.2, 0) is 17.8 Å². The smallest absolute Gasteiger partial charge is 0.240 e. The van der Waals surface area contributed by atoms with E-state index in [-0.39, 0.29) is 12.5 Å². The van der Waals surface area contributed by atoms with Gasteiger partial charge in [0.25, 0.3) is 0 Å². The highest BCUT2D eigenvalue weighted by Crippen LogP contribution is 2.27. The Hall–Kier alpha value is -2.21. The van der Waals surface area contributed by atoms with Crippen LogP contribution < -0.4 is 11.1 Å². The van der Waals surface area contributed by atoms with Crippen LogP contribution >= 0.6 is 0 Å². The van der Waals surface area contributed by atoms with Crippen molar-refractivity contribution in [1.29, 1.82) is 0 Å². The molecule has 2 heterocycles. The topological polar surface area (TPSA) is 94.0 Å². The van der Waals surface area contributed by atoms with Gasteiger partial charge in [-0.05, 0) is 11.6 Å². The molecule has 0 atom stereocenters. The zero-order chi connectivity index (χ0) is 11.8. The average molecular weight is 230 g/mol. The average Bonchev–Trinajstić information content (AvgIpc) is 2.92. The molecule has 1 amide bonds. The maximum absolute atomic E-state index is 11.2. The number of nitrogens with one attached hydrogen (secondary N) is 1. The minimum absolute atomic E-state index is 0.00732. The van der Waals surface area contributed by atoms with Gasteiger partial charge >= 0.3 is 0 Å². The summed E-state index contributed by atoms with van der Waals surface area (Å²) < 4.78 is 4.94. The Morgan fingerprint density at radius 2 is 2.35 bits per heavy atom. The molecule has 2 aromatic rings. The Morgan fingerprint density at radius 1 is 1.47 bits per heavy atom. The summed E-state index contributed by atoms with van der Waals surface area (Å²) in [5.74, 6) is 0.881. The van der Waals surface area contributed by atoms with Crippen LogP contribution in [0, 0.1) is 0 Å². The van der Waals surface area contributed by atoms with E-state index < -0.39 is 0 Å². The van der Waals surface area contributed by atoms with Crippen LogP contribution in [0.2, 0.25) is 0 Å². The predicted octanol–water partition coefficient (Wildman–Crippen LogP) is 0.690. The molecule has 6 heteroatoms. The second-order valence-corrected chi connectivity index (χ2v) is 3.81. The first-order valence-corrected chi connectivity index (χ1v) is 5.22. The SMILES string of the molecule is NCc1nc(-c2ccc3c(c2)NC(=O)C3)no1. The maximum Gasteiger partial charge on any atom is 0.240 e. The molecule has 6 nitrogen and oxygen atoms in total. The highest BCUT2D eigenvalue weighted by Gasteiger charge is 2.18. The van der Waals surface area contributed by atoms with E-state index in [1.54, 1.807) is 0 Å². The second-order valence-electron chi connectivity index (χ2n) is 3.81. The third-order valence-electron chi connectivity index (χ3n) is 2.64. The molecule has 0 radical (unpaired) electrons. The lowest BCUT2D eigenvalue weighted by atomic mass is 10.1. The summed E-state index contributed by atoms with van der Waals surface area (Å²) in [4.78, 5) is 15.3. The quantitative estimate of drug-likeness (QED) is 0.791. The summed E-state index contributed by atoms with van der Waals surface area (Å²) in [5.41, 5.74) is 8.00. The van der Waals surface area contributed by atoms with Crippen molar-refractivity contribution in [3.05, 3.63) is 29.7 Å². The molecule has 0 spiro atoms. The van der Waals surface area contributed by atoms with Crippen molar-refractivity contribution in [3.8, 4) is 11.4 Å². The van der Waals surface area contributed by atoms with Crippen LogP contribution in [0.4, 0.5) is 5.69 Å². The van der Waals surface area contributed by atoms with Gasteiger partial charge in [-0.25, -0.2) is 0 Å². The van der Waals surface area contributed by atoms with Gasteiger partial charge in [-0.1, -0.05) is 17.3 Å². The summed E-state index contributed by atoms with van der Waals surface area (Å²) >= 11 is 0. The van der Waals surface area contributed by atoms with E-state index in [1.165, 1.54) is 0 Å². The van der Waals surface area contributed by atoms with E-state index in [9.17, 15) is 4.79 Å². The lowest BCUT2D eigenvalue weighted by molar-refractivity contribution is -0.115. The van der Waals surface area contributed by atoms with Crippen LogP contribution in [0.1, 0.15) is 11.5 Å². The number of nitrogens with zero attached hydrogens (tertiary/aromatic N) is 2. The van der Waals surface area contributed by atoms with Crippen molar-refractivity contribution in [3.63, 3.8) is 0 Å². The Morgan fingerprint density at radius 3 is 3.12 bits per heavy atom.